The molecule has 1 atom stereocenters. The fourth-order valence-electron chi connectivity index (χ4n) is 3.55. The SMILES string of the molecule is CCNC(=NCC(c1ccc(C)cc1)N1CCOCC1)N(C)Cc1csc(C)n1. The van der Waals surface area contributed by atoms with Crippen molar-refractivity contribution >= 4 is 17.3 Å². The van der Waals surface area contributed by atoms with Crippen LogP contribution in [0.2, 0.25) is 0 Å². The highest BCUT2D eigenvalue weighted by Gasteiger charge is 2.23. The first-order valence-corrected chi connectivity index (χ1v) is 11.2. The maximum atomic E-state index is 5.57. The number of hydrogen-bond donors (Lipinski definition) is 1. The van der Waals surface area contributed by atoms with Crippen molar-refractivity contribution in [3.05, 3.63) is 51.5 Å². The Bertz CT molecular complexity index is 783. The van der Waals surface area contributed by atoms with Crippen molar-refractivity contribution in [2.75, 3.05) is 46.4 Å². The average Bonchev–Trinajstić information content (AvgIpc) is 3.14. The number of thiazole rings is 1. The smallest absolute Gasteiger partial charge is 0.194 e. The molecule has 0 aliphatic carbocycles. The number of ether oxygens (including phenoxy) is 1. The molecule has 1 aromatic carbocycles. The molecule has 0 saturated carbocycles. The lowest BCUT2D eigenvalue weighted by molar-refractivity contribution is 0.0179. The van der Waals surface area contributed by atoms with Gasteiger partial charge >= 0.3 is 0 Å². The molecule has 1 aromatic heterocycles. The van der Waals surface area contributed by atoms with E-state index >= 15 is 0 Å². The molecule has 29 heavy (non-hydrogen) atoms. The molecule has 1 fully saturated rings. The van der Waals surface area contributed by atoms with Gasteiger partial charge in [-0.05, 0) is 26.3 Å². The molecular weight excluding hydrogens is 382 g/mol. The van der Waals surface area contributed by atoms with E-state index in [4.69, 9.17) is 9.73 Å². The lowest BCUT2D eigenvalue weighted by Gasteiger charge is -2.34. The predicted molar refractivity (Wildman–Crippen MR) is 121 cm³/mol. The summed E-state index contributed by atoms with van der Waals surface area (Å²) in [7, 11) is 2.08. The maximum Gasteiger partial charge on any atom is 0.194 e. The van der Waals surface area contributed by atoms with Gasteiger partial charge in [0.2, 0.25) is 0 Å². The van der Waals surface area contributed by atoms with Gasteiger partial charge in [-0.1, -0.05) is 29.8 Å². The topological polar surface area (TPSA) is 53.0 Å². The van der Waals surface area contributed by atoms with Crippen LogP contribution in [0.1, 0.15) is 34.8 Å². The molecule has 2 heterocycles. The first-order chi connectivity index (χ1) is 14.1. The second-order valence-corrected chi connectivity index (χ2v) is 8.55. The minimum absolute atomic E-state index is 0.253. The molecule has 7 heteroatoms. The van der Waals surface area contributed by atoms with Crippen LogP contribution < -0.4 is 5.32 Å². The van der Waals surface area contributed by atoms with Gasteiger partial charge in [0.05, 0.1) is 43.0 Å². The quantitative estimate of drug-likeness (QED) is 0.556. The molecule has 0 amide bonds. The van der Waals surface area contributed by atoms with Crippen LogP contribution in [0.25, 0.3) is 0 Å². The Hall–Kier alpha value is -1.96. The average molecular weight is 416 g/mol. The predicted octanol–water partition coefficient (Wildman–Crippen LogP) is 3.23. The molecule has 1 aliphatic rings. The van der Waals surface area contributed by atoms with Crippen LogP contribution in [-0.4, -0.2) is 67.2 Å². The second kappa shape index (κ2) is 10.7. The van der Waals surface area contributed by atoms with Crippen molar-refractivity contribution in [3.8, 4) is 0 Å². The highest BCUT2D eigenvalue weighted by Crippen LogP contribution is 2.23. The molecule has 1 aliphatic heterocycles. The zero-order chi connectivity index (χ0) is 20.6. The van der Waals surface area contributed by atoms with Gasteiger partial charge in [-0.3, -0.25) is 9.89 Å². The van der Waals surface area contributed by atoms with E-state index in [0.717, 1.165) is 56.1 Å². The van der Waals surface area contributed by atoms with Crippen molar-refractivity contribution < 1.29 is 4.74 Å². The number of benzene rings is 1. The highest BCUT2D eigenvalue weighted by atomic mass is 32.1. The number of morpholine rings is 1. The van der Waals surface area contributed by atoms with Crippen LogP contribution in [0.3, 0.4) is 0 Å². The molecule has 1 saturated heterocycles. The normalized spacial score (nSPS) is 16.6. The number of nitrogens with zero attached hydrogens (tertiary/aromatic N) is 4. The summed E-state index contributed by atoms with van der Waals surface area (Å²) in [5.41, 5.74) is 3.68. The van der Waals surface area contributed by atoms with E-state index in [1.807, 2.05) is 6.92 Å². The van der Waals surface area contributed by atoms with Crippen LogP contribution in [0, 0.1) is 13.8 Å². The van der Waals surface area contributed by atoms with Crippen LogP contribution in [0.5, 0.6) is 0 Å². The van der Waals surface area contributed by atoms with E-state index in [2.05, 4.69) is 70.6 Å². The van der Waals surface area contributed by atoms with E-state index < -0.39 is 0 Å². The standard InChI is InChI=1S/C22H33N5OS/c1-5-23-22(26(4)15-20-16-29-18(3)25-20)24-14-21(27-10-12-28-13-11-27)19-8-6-17(2)7-9-19/h6-9,16,21H,5,10-15H2,1-4H3,(H,23,24). The number of nitrogens with one attached hydrogen (secondary N) is 1. The Morgan fingerprint density at radius 2 is 2.00 bits per heavy atom. The number of aromatic nitrogens is 1. The molecular formula is C22H33N5OS. The molecule has 3 rings (SSSR count). The van der Waals surface area contributed by atoms with Crippen molar-refractivity contribution in [1.82, 2.24) is 20.1 Å². The van der Waals surface area contributed by atoms with Crippen molar-refractivity contribution in [1.29, 1.82) is 0 Å². The number of rotatable bonds is 7. The summed E-state index contributed by atoms with van der Waals surface area (Å²) in [5, 5.41) is 6.66. The minimum atomic E-state index is 0.253. The van der Waals surface area contributed by atoms with Gasteiger partial charge in [0, 0.05) is 32.1 Å². The third kappa shape index (κ3) is 6.26. The van der Waals surface area contributed by atoms with Gasteiger partial charge in [0.25, 0.3) is 0 Å². The number of hydrogen-bond acceptors (Lipinski definition) is 5. The summed E-state index contributed by atoms with van der Waals surface area (Å²) < 4.78 is 5.57. The lowest BCUT2D eigenvalue weighted by atomic mass is 10.0. The largest absolute Gasteiger partial charge is 0.379 e. The Balaban J connectivity index is 1.77. The molecule has 1 unspecified atom stereocenters. The number of aryl methyl sites for hydroxylation is 2. The summed E-state index contributed by atoms with van der Waals surface area (Å²) in [6.45, 7) is 12.0. The van der Waals surface area contributed by atoms with Gasteiger partial charge in [-0.25, -0.2) is 4.98 Å². The van der Waals surface area contributed by atoms with Crippen LogP contribution in [0.4, 0.5) is 0 Å². The first kappa shape index (κ1) is 21.7. The highest BCUT2D eigenvalue weighted by molar-refractivity contribution is 7.09. The number of guanidine groups is 1. The van der Waals surface area contributed by atoms with Crippen molar-refractivity contribution in [2.24, 2.45) is 4.99 Å². The fourth-order valence-corrected chi connectivity index (χ4v) is 4.15. The Morgan fingerprint density at radius 3 is 2.62 bits per heavy atom. The Kier molecular flexibility index (Phi) is 8.03. The molecule has 1 N–H and O–H groups in total. The summed E-state index contributed by atoms with van der Waals surface area (Å²) in [6.07, 6.45) is 0. The molecule has 6 nitrogen and oxygen atoms in total. The fraction of sp³-hybridized carbons (Fsp3) is 0.545. The minimum Gasteiger partial charge on any atom is -0.379 e. The Labute approximate surface area is 178 Å². The van der Waals surface area contributed by atoms with E-state index in [1.165, 1.54) is 11.1 Å². The van der Waals surface area contributed by atoms with Gasteiger partial charge in [0.1, 0.15) is 0 Å². The first-order valence-electron chi connectivity index (χ1n) is 10.4. The van der Waals surface area contributed by atoms with E-state index in [1.54, 1.807) is 11.3 Å². The van der Waals surface area contributed by atoms with E-state index in [9.17, 15) is 0 Å². The molecule has 2 aromatic rings. The zero-order valence-corrected chi connectivity index (χ0v) is 18.8. The summed E-state index contributed by atoms with van der Waals surface area (Å²) in [4.78, 5) is 14.3. The van der Waals surface area contributed by atoms with Gasteiger partial charge in [-0.2, -0.15) is 0 Å². The summed E-state index contributed by atoms with van der Waals surface area (Å²) >= 11 is 1.69. The summed E-state index contributed by atoms with van der Waals surface area (Å²) in [5.74, 6) is 0.920. The maximum absolute atomic E-state index is 5.57. The van der Waals surface area contributed by atoms with E-state index in [-0.39, 0.29) is 6.04 Å². The van der Waals surface area contributed by atoms with Crippen molar-refractivity contribution in [2.45, 2.75) is 33.4 Å². The second-order valence-electron chi connectivity index (χ2n) is 7.48. The van der Waals surface area contributed by atoms with Gasteiger partial charge in [-0.15, -0.1) is 11.3 Å². The number of aliphatic imine (C=N–C) groups is 1. The van der Waals surface area contributed by atoms with Crippen LogP contribution >= 0.6 is 11.3 Å². The third-order valence-electron chi connectivity index (χ3n) is 5.12. The lowest BCUT2D eigenvalue weighted by Crippen LogP contribution is -2.42. The van der Waals surface area contributed by atoms with Gasteiger partial charge in [0.15, 0.2) is 5.96 Å². The molecule has 0 radical (unpaired) electrons. The summed E-state index contributed by atoms with van der Waals surface area (Å²) in [6, 6.07) is 9.10. The zero-order valence-electron chi connectivity index (χ0n) is 18.0. The van der Waals surface area contributed by atoms with Crippen LogP contribution in [0.15, 0.2) is 34.6 Å². The third-order valence-corrected chi connectivity index (χ3v) is 5.95. The monoisotopic (exact) mass is 415 g/mol. The Morgan fingerprint density at radius 1 is 1.28 bits per heavy atom. The van der Waals surface area contributed by atoms with Crippen LogP contribution in [-0.2, 0) is 11.3 Å². The molecule has 0 bridgehead atoms. The van der Waals surface area contributed by atoms with E-state index in [0.29, 0.717) is 6.54 Å². The molecule has 158 valence electrons. The van der Waals surface area contributed by atoms with Crippen molar-refractivity contribution in [3.63, 3.8) is 0 Å². The van der Waals surface area contributed by atoms with Gasteiger partial charge < -0.3 is 15.0 Å². The molecule has 0 spiro atoms.